The molecule has 1 aromatic carbocycles. The van der Waals surface area contributed by atoms with Gasteiger partial charge in [0.2, 0.25) is 5.91 Å². The summed E-state index contributed by atoms with van der Waals surface area (Å²) in [6.45, 7) is 5.86. The Kier molecular flexibility index (Phi) is 7.20. The fourth-order valence-corrected chi connectivity index (χ4v) is 2.86. The molecule has 2 N–H and O–H groups in total. The van der Waals surface area contributed by atoms with E-state index in [4.69, 9.17) is 5.73 Å². The second-order valence-corrected chi connectivity index (χ2v) is 6.04. The minimum absolute atomic E-state index is 0. The maximum absolute atomic E-state index is 12.3. The van der Waals surface area contributed by atoms with Gasteiger partial charge in [0, 0.05) is 13.1 Å². The van der Waals surface area contributed by atoms with Crippen molar-refractivity contribution in [3.63, 3.8) is 0 Å². The van der Waals surface area contributed by atoms with E-state index in [1.807, 2.05) is 11.0 Å². The van der Waals surface area contributed by atoms with Gasteiger partial charge in [-0.3, -0.25) is 4.79 Å². The maximum atomic E-state index is 12.3. The van der Waals surface area contributed by atoms with Crippen LogP contribution in [0.15, 0.2) is 30.3 Å². The molecule has 21 heavy (non-hydrogen) atoms. The van der Waals surface area contributed by atoms with Crippen LogP contribution in [0.5, 0.6) is 0 Å². The van der Waals surface area contributed by atoms with E-state index in [1.54, 1.807) is 0 Å². The van der Waals surface area contributed by atoms with Gasteiger partial charge in [-0.2, -0.15) is 0 Å². The third kappa shape index (κ3) is 4.72. The lowest BCUT2D eigenvalue weighted by atomic mass is 9.98. The second-order valence-electron chi connectivity index (χ2n) is 6.04. The molecule has 0 aromatic heterocycles. The van der Waals surface area contributed by atoms with E-state index in [0.29, 0.717) is 5.92 Å². The van der Waals surface area contributed by atoms with Gasteiger partial charge in [-0.25, -0.2) is 0 Å². The fourth-order valence-electron chi connectivity index (χ4n) is 2.86. The molecule has 0 bridgehead atoms. The number of hydrogen-bond donors (Lipinski definition) is 1. The van der Waals surface area contributed by atoms with Crippen molar-refractivity contribution in [1.29, 1.82) is 0 Å². The molecule has 0 saturated carbocycles. The third-order valence-corrected chi connectivity index (χ3v) is 4.51. The number of amides is 1. The van der Waals surface area contributed by atoms with Crippen molar-refractivity contribution in [2.45, 2.75) is 39.2 Å². The predicted molar refractivity (Wildman–Crippen MR) is 89.5 cm³/mol. The Morgan fingerprint density at radius 2 is 2.05 bits per heavy atom. The van der Waals surface area contributed by atoms with E-state index in [0.717, 1.165) is 32.4 Å². The number of nitrogens with zero attached hydrogens (tertiary/aromatic N) is 1. The Hall–Kier alpha value is -1.06. The lowest BCUT2D eigenvalue weighted by Gasteiger charge is -2.24. The smallest absolute Gasteiger partial charge is 0.239 e. The first kappa shape index (κ1) is 18.0. The number of carbonyl (C=O) groups is 1. The van der Waals surface area contributed by atoms with Crippen LogP contribution in [0.4, 0.5) is 0 Å². The summed E-state index contributed by atoms with van der Waals surface area (Å²) >= 11 is 0. The zero-order valence-electron chi connectivity index (χ0n) is 13.0. The van der Waals surface area contributed by atoms with Gasteiger partial charge < -0.3 is 10.6 Å². The van der Waals surface area contributed by atoms with Crippen LogP contribution in [-0.4, -0.2) is 29.9 Å². The van der Waals surface area contributed by atoms with E-state index < -0.39 is 0 Å². The molecule has 3 atom stereocenters. The summed E-state index contributed by atoms with van der Waals surface area (Å²) in [6, 6.07) is 10.2. The molecule has 2 rings (SSSR count). The van der Waals surface area contributed by atoms with Gasteiger partial charge >= 0.3 is 0 Å². The first-order valence-corrected chi connectivity index (χ1v) is 7.70. The van der Waals surface area contributed by atoms with E-state index >= 15 is 0 Å². The standard InChI is InChI=1S/C17H26N2O.ClH/c1-3-13(2)16(18)17(20)19-10-9-15(12-19)11-14-7-5-4-6-8-14;/h4-8,13,15-16H,3,9-12,18H2,1-2H3;1H. The third-order valence-electron chi connectivity index (χ3n) is 4.51. The van der Waals surface area contributed by atoms with E-state index in [1.165, 1.54) is 5.56 Å². The van der Waals surface area contributed by atoms with E-state index in [-0.39, 0.29) is 30.3 Å². The monoisotopic (exact) mass is 310 g/mol. The zero-order valence-corrected chi connectivity index (χ0v) is 13.8. The Balaban J connectivity index is 0.00000220. The highest BCUT2D eigenvalue weighted by Gasteiger charge is 2.30. The van der Waals surface area contributed by atoms with Crippen LogP contribution in [0.2, 0.25) is 0 Å². The first-order chi connectivity index (χ1) is 9.61. The molecular weight excluding hydrogens is 284 g/mol. The number of benzene rings is 1. The highest BCUT2D eigenvalue weighted by atomic mass is 35.5. The van der Waals surface area contributed by atoms with Crippen LogP contribution >= 0.6 is 12.4 Å². The van der Waals surface area contributed by atoms with Crippen molar-refractivity contribution in [2.24, 2.45) is 17.6 Å². The lowest BCUT2D eigenvalue weighted by Crippen LogP contribution is -2.46. The van der Waals surface area contributed by atoms with Crippen LogP contribution in [0.25, 0.3) is 0 Å². The second kappa shape index (κ2) is 8.40. The minimum Gasteiger partial charge on any atom is -0.341 e. The lowest BCUT2D eigenvalue weighted by molar-refractivity contribution is -0.132. The van der Waals surface area contributed by atoms with Crippen molar-refractivity contribution in [3.05, 3.63) is 35.9 Å². The van der Waals surface area contributed by atoms with Gasteiger partial charge in [-0.1, -0.05) is 50.6 Å². The molecule has 3 unspecified atom stereocenters. The summed E-state index contributed by atoms with van der Waals surface area (Å²) in [5, 5.41) is 0. The molecule has 0 spiro atoms. The molecule has 1 fully saturated rings. The van der Waals surface area contributed by atoms with Crippen LogP contribution in [0, 0.1) is 11.8 Å². The van der Waals surface area contributed by atoms with Crippen molar-refractivity contribution >= 4 is 18.3 Å². The predicted octanol–water partition coefficient (Wildman–Crippen LogP) is 2.87. The van der Waals surface area contributed by atoms with Gasteiger partial charge in [0.25, 0.3) is 0 Å². The molecule has 118 valence electrons. The highest BCUT2D eigenvalue weighted by Crippen LogP contribution is 2.22. The number of halogens is 1. The highest BCUT2D eigenvalue weighted by molar-refractivity contribution is 5.85. The summed E-state index contributed by atoms with van der Waals surface area (Å²) in [4.78, 5) is 14.3. The maximum Gasteiger partial charge on any atom is 0.239 e. The van der Waals surface area contributed by atoms with Gasteiger partial charge in [0.15, 0.2) is 0 Å². The van der Waals surface area contributed by atoms with Gasteiger partial charge in [-0.05, 0) is 30.2 Å². The first-order valence-electron chi connectivity index (χ1n) is 7.70. The van der Waals surface area contributed by atoms with Crippen molar-refractivity contribution < 1.29 is 4.79 Å². The minimum atomic E-state index is -0.338. The molecule has 0 aliphatic carbocycles. The van der Waals surface area contributed by atoms with Crippen molar-refractivity contribution in [1.82, 2.24) is 4.90 Å². The van der Waals surface area contributed by atoms with Crippen LogP contribution in [0.3, 0.4) is 0 Å². The summed E-state index contributed by atoms with van der Waals surface area (Å²) in [7, 11) is 0. The Morgan fingerprint density at radius 1 is 1.38 bits per heavy atom. The van der Waals surface area contributed by atoms with Crippen LogP contribution in [0.1, 0.15) is 32.3 Å². The fraction of sp³-hybridized carbons (Fsp3) is 0.588. The quantitative estimate of drug-likeness (QED) is 0.909. The number of nitrogens with two attached hydrogens (primary N) is 1. The molecule has 1 saturated heterocycles. The Labute approximate surface area is 134 Å². The normalized spacial score (nSPS) is 20.7. The van der Waals surface area contributed by atoms with Gasteiger partial charge in [-0.15, -0.1) is 12.4 Å². The van der Waals surface area contributed by atoms with Crippen molar-refractivity contribution in [3.8, 4) is 0 Å². The topological polar surface area (TPSA) is 46.3 Å². The molecule has 4 heteroatoms. The molecule has 1 aliphatic heterocycles. The number of hydrogen-bond acceptors (Lipinski definition) is 2. The average molecular weight is 311 g/mol. The van der Waals surface area contributed by atoms with Gasteiger partial charge in [0.05, 0.1) is 6.04 Å². The molecule has 1 aliphatic rings. The van der Waals surface area contributed by atoms with E-state index in [9.17, 15) is 4.79 Å². The van der Waals surface area contributed by atoms with Crippen LogP contribution in [-0.2, 0) is 11.2 Å². The number of rotatable bonds is 5. The number of likely N-dealkylation sites (tertiary alicyclic amines) is 1. The summed E-state index contributed by atoms with van der Waals surface area (Å²) in [5.74, 6) is 0.969. The summed E-state index contributed by atoms with van der Waals surface area (Å²) in [5.41, 5.74) is 7.42. The SMILES string of the molecule is CCC(C)C(N)C(=O)N1CCC(Cc2ccccc2)C1.Cl. The Bertz CT molecular complexity index is 438. The Morgan fingerprint density at radius 3 is 2.67 bits per heavy atom. The number of carbonyl (C=O) groups excluding carboxylic acids is 1. The molecule has 0 radical (unpaired) electrons. The molecule has 3 nitrogen and oxygen atoms in total. The molecular formula is C17H27ClN2O. The molecule has 1 aromatic rings. The van der Waals surface area contributed by atoms with Gasteiger partial charge in [0.1, 0.15) is 0 Å². The zero-order chi connectivity index (χ0) is 14.5. The summed E-state index contributed by atoms with van der Waals surface area (Å²) < 4.78 is 0. The van der Waals surface area contributed by atoms with E-state index in [2.05, 4.69) is 38.1 Å². The molecule has 1 heterocycles. The van der Waals surface area contributed by atoms with Crippen LogP contribution < -0.4 is 5.73 Å². The average Bonchev–Trinajstić information content (AvgIpc) is 2.94. The van der Waals surface area contributed by atoms with Crippen molar-refractivity contribution in [2.75, 3.05) is 13.1 Å². The largest absolute Gasteiger partial charge is 0.341 e. The molecule has 1 amide bonds. The summed E-state index contributed by atoms with van der Waals surface area (Å²) in [6.07, 6.45) is 3.10.